The number of hydrogen-bond acceptors (Lipinski definition) is 4. The van der Waals surface area contributed by atoms with Crippen molar-refractivity contribution in [1.82, 2.24) is 14.7 Å². The van der Waals surface area contributed by atoms with E-state index in [0.717, 1.165) is 25.1 Å². The molecule has 2 saturated heterocycles. The zero-order chi connectivity index (χ0) is 22.3. The van der Waals surface area contributed by atoms with Crippen molar-refractivity contribution in [2.45, 2.75) is 32.2 Å². The lowest BCUT2D eigenvalue weighted by Crippen LogP contribution is -2.53. The third-order valence-corrected chi connectivity index (χ3v) is 6.24. The third kappa shape index (κ3) is 5.59. The first kappa shape index (κ1) is 22.1. The number of carbonyl (C=O) groups excluding carboxylic acids is 2. The number of nitrogens with zero attached hydrogens (tertiary/aromatic N) is 3. The average molecular weight is 437 g/mol. The molecule has 0 spiro atoms. The standard InChI is InChI=1S/C25H32N4O3/c1-20-9-7-8-14-29(20)24(30)19-27-15-17-28(18-16-27)25(31)26-22-12-5-6-13-23(22)32-21-10-3-2-4-11-21/h2-6,10-13,20H,7-9,14-19H2,1H3,(H,26,31). The molecule has 2 heterocycles. The van der Waals surface area contributed by atoms with E-state index in [1.165, 1.54) is 6.42 Å². The molecule has 2 fully saturated rings. The second-order valence-corrected chi connectivity index (χ2v) is 8.54. The molecule has 7 nitrogen and oxygen atoms in total. The number of benzene rings is 2. The minimum absolute atomic E-state index is 0.148. The Labute approximate surface area is 189 Å². The molecule has 0 radical (unpaired) electrons. The van der Waals surface area contributed by atoms with E-state index in [-0.39, 0.29) is 11.9 Å². The van der Waals surface area contributed by atoms with Crippen LogP contribution in [0.3, 0.4) is 0 Å². The van der Waals surface area contributed by atoms with Crippen molar-refractivity contribution in [2.24, 2.45) is 0 Å². The maximum atomic E-state index is 12.9. The summed E-state index contributed by atoms with van der Waals surface area (Å²) in [5, 5.41) is 2.98. The first-order valence-electron chi connectivity index (χ1n) is 11.5. The summed E-state index contributed by atoms with van der Waals surface area (Å²) in [4.78, 5) is 31.5. The molecule has 2 aliphatic heterocycles. The Bertz CT molecular complexity index is 912. The van der Waals surface area contributed by atoms with Crippen molar-refractivity contribution >= 4 is 17.6 Å². The molecule has 2 aliphatic rings. The number of ether oxygens (including phenoxy) is 1. The molecule has 32 heavy (non-hydrogen) atoms. The molecular weight excluding hydrogens is 404 g/mol. The molecule has 1 atom stereocenters. The molecule has 7 heteroatoms. The molecule has 0 bridgehead atoms. The highest BCUT2D eigenvalue weighted by atomic mass is 16.5. The van der Waals surface area contributed by atoms with Crippen LogP contribution in [0.1, 0.15) is 26.2 Å². The first-order valence-corrected chi connectivity index (χ1v) is 11.5. The number of nitrogens with one attached hydrogen (secondary N) is 1. The van der Waals surface area contributed by atoms with Crippen molar-refractivity contribution in [1.29, 1.82) is 0 Å². The van der Waals surface area contributed by atoms with Gasteiger partial charge < -0.3 is 19.9 Å². The normalized spacial score (nSPS) is 19.5. The number of piperazine rings is 1. The van der Waals surface area contributed by atoms with Crippen LogP contribution in [0.2, 0.25) is 0 Å². The molecule has 1 unspecified atom stereocenters. The van der Waals surface area contributed by atoms with E-state index in [1.807, 2.05) is 59.5 Å². The summed E-state index contributed by atoms with van der Waals surface area (Å²) in [6, 6.07) is 17.1. The lowest BCUT2D eigenvalue weighted by atomic mass is 10.0. The molecule has 4 rings (SSSR count). The number of piperidine rings is 1. The molecule has 1 N–H and O–H groups in total. The minimum Gasteiger partial charge on any atom is -0.455 e. The Morgan fingerprint density at radius 1 is 0.938 bits per heavy atom. The topological polar surface area (TPSA) is 65.1 Å². The fourth-order valence-electron chi connectivity index (χ4n) is 4.33. The lowest BCUT2D eigenvalue weighted by molar-refractivity contribution is -0.136. The summed E-state index contributed by atoms with van der Waals surface area (Å²) in [7, 11) is 0. The Balaban J connectivity index is 1.28. The van der Waals surface area contributed by atoms with Crippen LogP contribution >= 0.6 is 0 Å². The molecule has 0 saturated carbocycles. The van der Waals surface area contributed by atoms with Crippen molar-refractivity contribution in [3.63, 3.8) is 0 Å². The molecule has 0 aromatic heterocycles. The van der Waals surface area contributed by atoms with Crippen LogP contribution < -0.4 is 10.1 Å². The quantitative estimate of drug-likeness (QED) is 0.769. The van der Waals surface area contributed by atoms with Crippen LogP contribution in [0.4, 0.5) is 10.5 Å². The highest BCUT2D eigenvalue weighted by Crippen LogP contribution is 2.29. The summed E-state index contributed by atoms with van der Waals surface area (Å²) in [5.41, 5.74) is 0.637. The van der Waals surface area contributed by atoms with Gasteiger partial charge in [-0.15, -0.1) is 0 Å². The molecule has 2 aromatic rings. The zero-order valence-electron chi connectivity index (χ0n) is 18.7. The van der Waals surface area contributed by atoms with Crippen LogP contribution in [0, 0.1) is 0 Å². The van der Waals surface area contributed by atoms with Gasteiger partial charge in [-0.1, -0.05) is 30.3 Å². The lowest BCUT2D eigenvalue weighted by Gasteiger charge is -2.38. The first-order chi connectivity index (χ1) is 15.6. The van der Waals surface area contributed by atoms with Crippen LogP contribution in [-0.2, 0) is 4.79 Å². The fourth-order valence-corrected chi connectivity index (χ4v) is 4.33. The summed E-state index contributed by atoms with van der Waals surface area (Å²) >= 11 is 0. The van der Waals surface area contributed by atoms with Gasteiger partial charge in [-0.2, -0.15) is 0 Å². The molecule has 0 aliphatic carbocycles. The van der Waals surface area contributed by atoms with Crippen molar-refractivity contribution in [3.8, 4) is 11.5 Å². The SMILES string of the molecule is CC1CCCCN1C(=O)CN1CCN(C(=O)Nc2ccccc2Oc2ccccc2)CC1. The van der Waals surface area contributed by atoms with E-state index in [1.54, 1.807) is 4.90 Å². The smallest absolute Gasteiger partial charge is 0.322 e. The minimum atomic E-state index is -0.148. The van der Waals surface area contributed by atoms with E-state index < -0.39 is 0 Å². The fraction of sp³-hybridized carbons (Fsp3) is 0.440. The number of rotatable bonds is 5. The Hall–Kier alpha value is -3.06. The summed E-state index contributed by atoms with van der Waals surface area (Å²) in [5.74, 6) is 1.53. The average Bonchev–Trinajstić information content (AvgIpc) is 2.82. The van der Waals surface area contributed by atoms with Gasteiger partial charge in [-0.05, 0) is 50.5 Å². The van der Waals surface area contributed by atoms with Gasteiger partial charge in [0.1, 0.15) is 5.75 Å². The molecular formula is C25H32N4O3. The molecule has 2 aromatic carbocycles. The predicted octanol–water partition coefficient (Wildman–Crippen LogP) is 4.03. The Morgan fingerprint density at radius 2 is 1.66 bits per heavy atom. The van der Waals surface area contributed by atoms with Gasteiger partial charge in [0, 0.05) is 38.8 Å². The second-order valence-electron chi connectivity index (χ2n) is 8.54. The largest absolute Gasteiger partial charge is 0.455 e. The van der Waals surface area contributed by atoms with Gasteiger partial charge in [0.25, 0.3) is 0 Å². The van der Waals surface area contributed by atoms with Crippen molar-refractivity contribution < 1.29 is 14.3 Å². The monoisotopic (exact) mass is 436 g/mol. The summed E-state index contributed by atoms with van der Waals surface area (Å²) in [6.45, 7) is 6.03. The number of urea groups is 1. The number of likely N-dealkylation sites (tertiary alicyclic amines) is 1. The van der Waals surface area contributed by atoms with Gasteiger partial charge in [-0.25, -0.2) is 4.79 Å². The number of amides is 3. The molecule has 3 amide bonds. The molecule has 170 valence electrons. The highest BCUT2D eigenvalue weighted by Gasteiger charge is 2.27. The van der Waals surface area contributed by atoms with Crippen LogP contribution in [0.15, 0.2) is 54.6 Å². The van der Waals surface area contributed by atoms with Gasteiger partial charge in [0.15, 0.2) is 5.75 Å². The van der Waals surface area contributed by atoms with Crippen LogP contribution in [0.5, 0.6) is 11.5 Å². The summed E-state index contributed by atoms with van der Waals surface area (Å²) in [6.07, 6.45) is 3.40. The summed E-state index contributed by atoms with van der Waals surface area (Å²) < 4.78 is 5.94. The number of para-hydroxylation sites is 3. The number of hydrogen-bond donors (Lipinski definition) is 1. The van der Waals surface area contributed by atoms with Gasteiger partial charge in [0.2, 0.25) is 5.91 Å². The number of anilines is 1. The zero-order valence-corrected chi connectivity index (χ0v) is 18.7. The Kier molecular flexibility index (Phi) is 7.27. The maximum absolute atomic E-state index is 12.9. The van der Waals surface area contributed by atoms with E-state index in [0.29, 0.717) is 50.2 Å². The van der Waals surface area contributed by atoms with E-state index in [2.05, 4.69) is 17.1 Å². The van der Waals surface area contributed by atoms with Crippen molar-refractivity contribution in [3.05, 3.63) is 54.6 Å². The van der Waals surface area contributed by atoms with Crippen LogP contribution in [-0.4, -0.2) is 71.9 Å². The van der Waals surface area contributed by atoms with Gasteiger partial charge >= 0.3 is 6.03 Å². The van der Waals surface area contributed by atoms with E-state index >= 15 is 0 Å². The van der Waals surface area contributed by atoms with E-state index in [9.17, 15) is 9.59 Å². The van der Waals surface area contributed by atoms with Gasteiger partial charge in [-0.3, -0.25) is 9.69 Å². The van der Waals surface area contributed by atoms with E-state index in [4.69, 9.17) is 4.74 Å². The maximum Gasteiger partial charge on any atom is 0.322 e. The van der Waals surface area contributed by atoms with Crippen molar-refractivity contribution in [2.75, 3.05) is 44.6 Å². The predicted molar refractivity (Wildman–Crippen MR) is 125 cm³/mol. The number of carbonyl (C=O) groups is 2. The third-order valence-electron chi connectivity index (χ3n) is 6.24. The van der Waals surface area contributed by atoms with Gasteiger partial charge in [0.05, 0.1) is 12.2 Å². The van der Waals surface area contributed by atoms with Crippen LogP contribution in [0.25, 0.3) is 0 Å². The Morgan fingerprint density at radius 3 is 2.41 bits per heavy atom. The second kappa shape index (κ2) is 10.5. The highest BCUT2D eigenvalue weighted by molar-refractivity contribution is 5.91.